The smallest absolute Gasteiger partial charge is 0.243 e. The van der Waals surface area contributed by atoms with Gasteiger partial charge in [0.05, 0.1) is 25.2 Å². The Morgan fingerprint density at radius 3 is 1.92 bits per heavy atom. The third kappa shape index (κ3) is 5.41. The predicted molar refractivity (Wildman–Crippen MR) is 98.9 cm³/mol. The summed E-state index contributed by atoms with van der Waals surface area (Å²) in [5.74, 6) is 0.698. The van der Waals surface area contributed by atoms with E-state index in [0.717, 1.165) is 11.1 Å². The minimum absolute atomic E-state index is 0.299. The molecular formula is C18H31NO5S. The van der Waals surface area contributed by atoms with Crippen LogP contribution in [0.1, 0.15) is 30.5 Å². The molecule has 7 heteroatoms. The van der Waals surface area contributed by atoms with Gasteiger partial charge in [0.25, 0.3) is 0 Å². The lowest BCUT2D eigenvalue weighted by atomic mass is 10.1. The summed E-state index contributed by atoms with van der Waals surface area (Å²) in [6.45, 7) is 11.7. The van der Waals surface area contributed by atoms with Crippen LogP contribution < -0.4 is 4.74 Å². The van der Waals surface area contributed by atoms with Gasteiger partial charge >= 0.3 is 0 Å². The minimum atomic E-state index is -3.65. The number of ether oxygens (including phenoxy) is 3. The average molecular weight is 374 g/mol. The monoisotopic (exact) mass is 373 g/mol. The third-order valence-corrected chi connectivity index (χ3v) is 6.36. The van der Waals surface area contributed by atoms with Crippen molar-refractivity contribution in [2.75, 3.05) is 46.6 Å². The average Bonchev–Trinajstić information content (AvgIpc) is 2.56. The molecule has 0 bridgehead atoms. The summed E-state index contributed by atoms with van der Waals surface area (Å²) < 4.78 is 44.1. The Morgan fingerprint density at radius 1 is 0.960 bits per heavy atom. The second kappa shape index (κ2) is 10.1. The highest BCUT2D eigenvalue weighted by molar-refractivity contribution is 7.89. The lowest BCUT2D eigenvalue weighted by molar-refractivity contribution is 0.110. The number of hydrogen-bond acceptors (Lipinski definition) is 5. The quantitative estimate of drug-likeness (QED) is 0.558. The van der Waals surface area contributed by atoms with Gasteiger partial charge in [-0.05, 0) is 57.4 Å². The van der Waals surface area contributed by atoms with E-state index in [0.29, 0.717) is 55.7 Å². The fraction of sp³-hybridized carbons (Fsp3) is 0.667. The molecule has 1 aromatic rings. The largest absolute Gasteiger partial charge is 0.496 e. The highest BCUT2D eigenvalue weighted by Crippen LogP contribution is 2.32. The maximum absolute atomic E-state index is 13.3. The van der Waals surface area contributed by atoms with Crippen molar-refractivity contribution in [2.24, 2.45) is 0 Å². The molecule has 0 heterocycles. The van der Waals surface area contributed by atoms with Crippen molar-refractivity contribution < 1.29 is 22.6 Å². The fourth-order valence-corrected chi connectivity index (χ4v) is 4.63. The Bertz CT molecular complexity index is 648. The highest BCUT2D eigenvalue weighted by Gasteiger charge is 2.29. The highest BCUT2D eigenvalue weighted by atomic mass is 32.2. The Balaban J connectivity index is 3.25. The standard InChI is InChI=1S/C18H31NO5S/c1-7-23-11-9-19(10-12-24-8-2)25(20,21)18-14(3)13-17(22-6)15(4)16(18)5/h13H,7-12H2,1-6H3. The molecule has 0 aliphatic heterocycles. The first-order valence-electron chi connectivity index (χ1n) is 8.61. The fourth-order valence-electron chi connectivity index (χ4n) is 2.73. The van der Waals surface area contributed by atoms with E-state index in [-0.39, 0.29) is 0 Å². The van der Waals surface area contributed by atoms with Gasteiger partial charge in [0.2, 0.25) is 10.0 Å². The van der Waals surface area contributed by atoms with Gasteiger partial charge in [-0.1, -0.05) is 0 Å². The van der Waals surface area contributed by atoms with E-state index < -0.39 is 10.0 Å². The van der Waals surface area contributed by atoms with E-state index in [9.17, 15) is 8.42 Å². The Morgan fingerprint density at radius 2 is 1.48 bits per heavy atom. The molecule has 0 aromatic heterocycles. The number of methoxy groups -OCH3 is 1. The number of rotatable bonds is 11. The Kier molecular flexibility index (Phi) is 8.85. The predicted octanol–water partition coefficient (Wildman–Crippen LogP) is 2.68. The molecule has 25 heavy (non-hydrogen) atoms. The molecule has 0 aliphatic carbocycles. The second-order valence-electron chi connectivity index (χ2n) is 5.77. The van der Waals surface area contributed by atoms with Crippen molar-refractivity contribution in [3.8, 4) is 5.75 Å². The van der Waals surface area contributed by atoms with E-state index in [1.54, 1.807) is 20.1 Å². The first kappa shape index (κ1) is 21.9. The van der Waals surface area contributed by atoms with Crippen LogP contribution in [0.4, 0.5) is 0 Å². The van der Waals surface area contributed by atoms with E-state index >= 15 is 0 Å². The van der Waals surface area contributed by atoms with Crippen LogP contribution >= 0.6 is 0 Å². The zero-order chi connectivity index (χ0) is 19.0. The van der Waals surface area contributed by atoms with Crippen LogP contribution in [-0.4, -0.2) is 59.3 Å². The van der Waals surface area contributed by atoms with Gasteiger partial charge in [0.1, 0.15) is 5.75 Å². The van der Waals surface area contributed by atoms with Gasteiger partial charge in [0.15, 0.2) is 0 Å². The van der Waals surface area contributed by atoms with Crippen LogP contribution in [-0.2, 0) is 19.5 Å². The van der Waals surface area contributed by atoms with Gasteiger partial charge in [-0.3, -0.25) is 0 Å². The molecule has 0 saturated heterocycles. The molecule has 144 valence electrons. The first-order valence-corrected chi connectivity index (χ1v) is 10.1. The number of benzene rings is 1. The SMILES string of the molecule is CCOCCN(CCOCC)S(=O)(=O)c1c(C)cc(OC)c(C)c1C. The molecule has 0 saturated carbocycles. The van der Waals surface area contributed by atoms with Gasteiger partial charge in [0, 0.05) is 26.3 Å². The van der Waals surface area contributed by atoms with Gasteiger partial charge in [-0.2, -0.15) is 4.31 Å². The van der Waals surface area contributed by atoms with Crippen LogP contribution in [0.2, 0.25) is 0 Å². The van der Waals surface area contributed by atoms with Gasteiger partial charge in [-0.15, -0.1) is 0 Å². The molecule has 0 fully saturated rings. The number of sulfonamides is 1. The summed E-state index contributed by atoms with van der Waals surface area (Å²) in [6, 6.07) is 1.78. The van der Waals surface area contributed by atoms with Crippen molar-refractivity contribution in [3.63, 3.8) is 0 Å². The second-order valence-corrected chi connectivity index (χ2v) is 7.65. The lowest BCUT2D eigenvalue weighted by Gasteiger charge is -2.25. The van der Waals surface area contributed by atoms with E-state index in [4.69, 9.17) is 14.2 Å². The molecule has 0 radical (unpaired) electrons. The molecule has 1 rings (SSSR count). The zero-order valence-electron chi connectivity index (χ0n) is 16.2. The van der Waals surface area contributed by atoms with Gasteiger partial charge in [-0.25, -0.2) is 8.42 Å². The minimum Gasteiger partial charge on any atom is -0.496 e. The van der Waals surface area contributed by atoms with Crippen LogP contribution in [0.15, 0.2) is 11.0 Å². The summed E-state index contributed by atoms with van der Waals surface area (Å²) in [5.41, 5.74) is 2.23. The first-order chi connectivity index (χ1) is 11.8. The van der Waals surface area contributed by atoms with Crippen LogP contribution in [0.5, 0.6) is 5.75 Å². The molecular weight excluding hydrogens is 342 g/mol. The molecule has 0 spiro atoms. The molecule has 1 aromatic carbocycles. The lowest BCUT2D eigenvalue weighted by Crippen LogP contribution is -2.37. The molecule has 6 nitrogen and oxygen atoms in total. The van der Waals surface area contributed by atoms with Crippen LogP contribution in [0.25, 0.3) is 0 Å². The van der Waals surface area contributed by atoms with Crippen molar-refractivity contribution in [1.29, 1.82) is 0 Å². The summed E-state index contributed by atoms with van der Waals surface area (Å²) >= 11 is 0. The maximum atomic E-state index is 13.3. The number of nitrogens with zero attached hydrogens (tertiary/aromatic N) is 1. The molecule has 0 amide bonds. The van der Waals surface area contributed by atoms with Crippen molar-refractivity contribution in [1.82, 2.24) is 4.31 Å². The normalized spacial score (nSPS) is 12.0. The van der Waals surface area contributed by atoms with Gasteiger partial charge < -0.3 is 14.2 Å². The van der Waals surface area contributed by atoms with Crippen LogP contribution in [0, 0.1) is 20.8 Å². The Hall–Kier alpha value is -1.15. The van der Waals surface area contributed by atoms with Crippen molar-refractivity contribution in [3.05, 3.63) is 22.8 Å². The number of aryl methyl sites for hydroxylation is 1. The zero-order valence-corrected chi connectivity index (χ0v) is 17.0. The molecule has 0 unspecified atom stereocenters. The van der Waals surface area contributed by atoms with Crippen molar-refractivity contribution >= 4 is 10.0 Å². The van der Waals surface area contributed by atoms with E-state index in [2.05, 4.69) is 0 Å². The summed E-state index contributed by atoms with van der Waals surface area (Å²) in [6.07, 6.45) is 0. The third-order valence-electron chi connectivity index (χ3n) is 4.17. The number of hydrogen-bond donors (Lipinski definition) is 0. The van der Waals surface area contributed by atoms with E-state index in [1.165, 1.54) is 4.31 Å². The summed E-state index contributed by atoms with van der Waals surface area (Å²) in [4.78, 5) is 0.346. The Labute approximate surface area is 152 Å². The molecule has 0 aliphatic rings. The molecule has 0 N–H and O–H groups in total. The maximum Gasteiger partial charge on any atom is 0.243 e. The molecule has 0 atom stereocenters. The van der Waals surface area contributed by atoms with E-state index in [1.807, 2.05) is 27.7 Å². The summed E-state index contributed by atoms with van der Waals surface area (Å²) in [7, 11) is -2.06. The van der Waals surface area contributed by atoms with Crippen LogP contribution in [0.3, 0.4) is 0 Å². The van der Waals surface area contributed by atoms with Crippen molar-refractivity contribution in [2.45, 2.75) is 39.5 Å². The topological polar surface area (TPSA) is 65.1 Å². The summed E-state index contributed by atoms with van der Waals surface area (Å²) in [5, 5.41) is 0.